The predicted molar refractivity (Wildman–Crippen MR) is 130 cm³/mol. The smallest absolute Gasteiger partial charge is 0.254 e. The van der Waals surface area contributed by atoms with Crippen LogP contribution in [0.15, 0.2) is 36.4 Å². The Labute approximate surface area is 212 Å². The molecule has 2 aliphatic heterocycles. The zero-order chi connectivity index (χ0) is 24.0. The molecule has 7 heteroatoms. The van der Waals surface area contributed by atoms with E-state index >= 15 is 0 Å². The molecule has 6 aliphatic rings. The Bertz CT molecular complexity index is 1300. The van der Waals surface area contributed by atoms with Crippen LogP contribution in [-0.4, -0.2) is 35.9 Å². The molecule has 0 aromatic heterocycles. The average molecular weight is 511 g/mol. The first-order valence-corrected chi connectivity index (χ1v) is 13.1. The molecule has 35 heavy (non-hydrogen) atoms. The molecule has 4 aliphatic carbocycles. The molecule has 180 valence electrons. The van der Waals surface area contributed by atoms with Crippen molar-refractivity contribution in [3.8, 4) is 11.5 Å². The first kappa shape index (κ1) is 21.0. The van der Waals surface area contributed by atoms with Crippen LogP contribution in [0.25, 0.3) is 10.8 Å². The Morgan fingerprint density at radius 1 is 0.800 bits per heavy atom. The van der Waals surface area contributed by atoms with Crippen molar-refractivity contribution in [3.63, 3.8) is 0 Å². The predicted octanol–water partition coefficient (Wildman–Crippen LogP) is 5.16. The summed E-state index contributed by atoms with van der Waals surface area (Å²) in [4.78, 5) is 26.9. The number of ether oxygens (including phenoxy) is 3. The number of carbonyl (C=O) groups excluding carboxylic acids is 2. The molecule has 8 rings (SSSR count). The maximum atomic E-state index is 13.4. The van der Waals surface area contributed by atoms with E-state index in [0.717, 1.165) is 46.2 Å². The fourth-order valence-corrected chi connectivity index (χ4v) is 10.6. The first-order valence-electron chi connectivity index (χ1n) is 12.4. The molecule has 2 saturated carbocycles. The van der Waals surface area contributed by atoms with E-state index in [9.17, 15) is 9.59 Å². The minimum absolute atomic E-state index is 0.0295. The molecule has 4 fully saturated rings. The standard InChI is InChI=1S/C28H24Cl2O5/c1-33-23-13-5-3-4-6-14(13)24(34-2)18-16-10-15(17(18)23)21-22(16)28(26(30)32)20-12-8-7-11(9-12)19(20)27(21,35-28)25(29)31/h3-8,11-12,15-16,19-22H,9-10H2,1-2H3/t11-,12+,15-,16+,19+,20-,21-,22+,27+,28-. The molecule has 2 aromatic rings. The van der Waals surface area contributed by atoms with Gasteiger partial charge in [-0.25, -0.2) is 0 Å². The van der Waals surface area contributed by atoms with Gasteiger partial charge >= 0.3 is 0 Å². The number of fused-ring (bicyclic) bond motifs is 20. The normalized spacial score (nSPS) is 44.6. The number of rotatable bonds is 4. The SMILES string of the molecule is COc1c2c(c(OC)c3ccccc13)[C@@H]1C[C@H]2[C@@H]2[C@H]1[C@]1(C(=O)Cl)O[C@@]2(C(=O)Cl)[C@@H]2[C@H]1[C@H]1C=C[C@@H]2C1. The molecule has 5 nitrogen and oxygen atoms in total. The fourth-order valence-electron chi connectivity index (χ4n) is 9.98. The molecule has 6 bridgehead atoms. The molecule has 2 heterocycles. The minimum Gasteiger partial charge on any atom is -0.496 e. The van der Waals surface area contributed by atoms with Gasteiger partial charge in [-0.15, -0.1) is 0 Å². The molecular weight excluding hydrogens is 487 g/mol. The molecule has 0 radical (unpaired) electrons. The third-order valence-corrected chi connectivity index (χ3v) is 11.1. The molecular formula is C28H24Cl2O5. The zero-order valence-electron chi connectivity index (χ0n) is 19.3. The maximum absolute atomic E-state index is 13.4. The summed E-state index contributed by atoms with van der Waals surface area (Å²) in [5, 5.41) is 0.992. The Morgan fingerprint density at radius 3 is 1.66 bits per heavy atom. The van der Waals surface area contributed by atoms with E-state index in [4.69, 9.17) is 37.4 Å². The van der Waals surface area contributed by atoms with Gasteiger partial charge in [0.1, 0.15) is 11.5 Å². The Kier molecular flexibility index (Phi) is 3.86. The number of allylic oxidation sites excluding steroid dienone is 2. The topological polar surface area (TPSA) is 61.8 Å². The number of methoxy groups -OCH3 is 2. The van der Waals surface area contributed by atoms with Crippen LogP contribution >= 0.6 is 23.2 Å². The van der Waals surface area contributed by atoms with Gasteiger partial charge in [0.15, 0.2) is 11.2 Å². The van der Waals surface area contributed by atoms with E-state index in [-0.39, 0.29) is 47.3 Å². The van der Waals surface area contributed by atoms with Crippen molar-refractivity contribution in [1.82, 2.24) is 0 Å². The number of halogens is 2. The van der Waals surface area contributed by atoms with E-state index in [0.29, 0.717) is 0 Å². The highest BCUT2D eigenvalue weighted by Gasteiger charge is 2.87. The number of hydrogen-bond acceptors (Lipinski definition) is 5. The maximum Gasteiger partial charge on any atom is 0.254 e. The monoisotopic (exact) mass is 510 g/mol. The third kappa shape index (κ3) is 1.99. The molecule has 0 N–H and O–H groups in total. The van der Waals surface area contributed by atoms with Gasteiger partial charge in [-0.2, -0.15) is 0 Å². The number of hydrogen-bond donors (Lipinski definition) is 0. The van der Waals surface area contributed by atoms with Gasteiger partial charge in [0.2, 0.25) is 0 Å². The van der Waals surface area contributed by atoms with Crippen LogP contribution < -0.4 is 9.47 Å². The minimum atomic E-state index is -1.22. The Morgan fingerprint density at radius 2 is 1.26 bits per heavy atom. The van der Waals surface area contributed by atoms with E-state index in [1.54, 1.807) is 14.2 Å². The van der Waals surface area contributed by atoms with Gasteiger partial charge in [-0.05, 0) is 59.7 Å². The second-order valence-corrected chi connectivity index (χ2v) is 11.9. The van der Waals surface area contributed by atoms with Crippen LogP contribution in [0.5, 0.6) is 11.5 Å². The number of benzene rings is 2. The van der Waals surface area contributed by atoms with Crippen molar-refractivity contribution >= 4 is 44.5 Å². The van der Waals surface area contributed by atoms with Crippen molar-refractivity contribution in [1.29, 1.82) is 0 Å². The van der Waals surface area contributed by atoms with Crippen molar-refractivity contribution in [2.24, 2.45) is 35.5 Å². The van der Waals surface area contributed by atoms with Crippen LogP contribution in [-0.2, 0) is 14.3 Å². The van der Waals surface area contributed by atoms with Crippen LogP contribution in [0.3, 0.4) is 0 Å². The highest BCUT2D eigenvalue weighted by atomic mass is 35.5. The lowest BCUT2D eigenvalue weighted by atomic mass is 9.51. The quantitative estimate of drug-likeness (QED) is 0.419. The molecule has 0 spiro atoms. The van der Waals surface area contributed by atoms with Gasteiger partial charge in [0.05, 0.1) is 14.2 Å². The van der Waals surface area contributed by atoms with Gasteiger partial charge in [-0.1, -0.05) is 36.4 Å². The van der Waals surface area contributed by atoms with Crippen molar-refractivity contribution < 1.29 is 23.8 Å². The van der Waals surface area contributed by atoms with Gasteiger partial charge in [-0.3, -0.25) is 9.59 Å². The Hall–Kier alpha value is -2.08. The molecule has 0 unspecified atom stereocenters. The lowest BCUT2D eigenvalue weighted by molar-refractivity contribution is -0.151. The van der Waals surface area contributed by atoms with Crippen LogP contribution in [0.2, 0.25) is 0 Å². The molecule has 2 aromatic carbocycles. The van der Waals surface area contributed by atoms with Crippen LogP contribution in [0, 0.1) is 35.5 Å². The average Bonchev–Trinajstić information content (AvgIpc) is 3.66. The summed E-state index contributed by atoms with van der Waals surface area (Å²) in [5.41, 5.74) is -0.274. The summed E-state index contributed by atoms with van der Waals surface area (Å²) in [5.74, 6) is 1.25. The highest BCUT2D eigenvalue weighted by molar-refractivity contribution is 6.67. The Balaban J connectivity index is 1.45. The van der Waals surface area contributed by atoms with Crippen LogP contribution in [0.4, 0.5) is 0 Å². The summed E-state index contributed by atoms with van der Waals surface area (Å²) < 4.78 is 18.8. The zero-order valence-corrected chi connectivity index (χ0v) is 20.8. The second-order valence-electron chi connectivity index (χ2n) is 11.2. The fraction of sp³-hybridized carbons (Fsp3) is 0.500. The first-order chi connectivity index (χ1) is 16.9. The lowest BCUT2D eigenvalue weighted by Crippen LogP contribution is -2.58. The lowest BCUT2D eigenvalue weighted by Gasteiger charge is -2.48. The van der Waals surface area contributed by atoms with Gasteiger partial charge in [0.25, 0.3) is 10.5 Å². The van der Waals surface area contributed by atoms with Crippen molar-refractivity contribution in [2.75, 3.05) is 14.2 Å². The number of carbonyl (C=O) groups is 2. The van der Waals surface area contributed by atoms with Crippen molar-refractivity contribution in [3.05, 3.63) is 47.5 Å². The van der Waals surface area contributed by atoms with Gasteiger partial charge < -0.3 is 14.2 Å². The molecule has 10 atom stereocenters. The van der Waals surface area contributed by atoms with E-state index in [2.05, 4.69) is 12.2 Å². The summed E-state index contributed by atoms with van der Waals surface area (Å²) in [6, 6.07) is 8.07. The summed E-state index contributed by atoms with van der Waals surface area (Å²) in [7, 11) is 3.39. The highest BCUT2D eigenvalue weighted by Crippen LogP contribution is 2.82. The second kappa shape index (κ2) is 6.42. The van der Waals surface area contributed by atoms with E-state index in [1.807, 2.05) is 24.3 Å². The molecule has 2 saturated heterocycles. The van der Waals surface area contributed by atoms with Crippen molar-refractivity contribution in [2.45, 2.75) is 35.9 Å². The van der Waals surface area contributed by atoms with Gasteiger partial charge in [0, 0.05) is 45.6 Å². The third-order valence-electron chi connectivity index (χ3n) is 10.5. The van der Waals surface area contributed by atoms with E-state index in [1.165, 1.54) is 0 Å². The summed E-state index contributed by atoms with van der Waals surface area (Å²) in [6.45, 7) is 0. The molecule has 0 amide bonds. The summed E-state index contributed by atoms with van der Waals surface area (Å²) in [6.07, 6.45) is 6.11. The summed E-state index contributed by atoms with van der Waals surface area (Å²) >= 11 is 13.0. The van der Waals surface area contributed by atoms with E-state index < -0.39 is 21.7 Å². The van der Waals surface area contributed by atoms with Crippen LogP contribution in [0.1, 0.15) is 35.8 Å². The largest absolute Gasteiger partial charge is 0.496 e.